The zero-order chi connectivity index (χ0) is 20.9. The van der Waals surface area contributed by atoms with Gasteiger partial charge in [-0.05, 0) is 50.1 Å². The number of methoxy groups -OCH3 is 1. The molecule has 1 aliphatic rings. The molecule has 0 aliphatic carbocycles. The molecule has 156 valence electrons. The van der Waals surface area contributed by atoms with Crippen LogP contribution in [0.3, 0.4) is 0 Å². The normalized spacial score (nSPS) is 15.0. The van der Waals surface area contributed by atoms with Gasteiger partial charge in [-0.25, -0.2) is 8.42 Å². The van der Waals surface area contributed by atoms with Gasteiger partial charge in [0, 0.05) is 18.8 Å². The van der Waals surface area contributed by atoms with Crippen molar-refractivity contribution in [2.45, 2.75) is 31.1 Å². The Bertz CT molecular complexity index is 969. The van der Waals surface area contributed by atoms with E-state index in [1.54, 1.807) is 43.3 Å². The fourth-order valence-corrected chi connectivity index (χ4v) is 5.01. The van der Waals surface area contributed by atoms with Gasteiger partial charge in [0.25, 0.3) is 5.91 Å². The molecule has 0 atom stereocenters. The van der Waals surface area contributed by atoms with Gasteiger partial charge in [-0.3, -0.25) is 4.79 Å². The zero-order valence-electron chi connectivity index (χ0n) is 16.7. The van der Waals surface area contributed by atoms with Gasteiger partial charge >= 0.3 is 0 Å². The van der Waals surface area contributed by atoms with E-state index in [9.17, 15) is 13.2 Å². The number of ether oxygens (including phenoxy) is 2. The molecule has 0 saturated carbocycles. The van der Waals surface area contributed by atoms with E-state index in [-0.39, 0.29) is 16.6 Å². The molecule has 0 bridgehead atoms. The fraction of sp³-hybridized carbons (Fsp3) is 0.381. The average molecular weight is 419 g/mol. The molecule has 7 nitrogen and oxygen atoms in total. The van der Waals surface area contributed by atoms with Crippen LogP contribution >= 0.6 is 0 Å². The molecule has 1 fully saturated rings. The molecule has 0 radical (unpaired) electrons. The number of nitrogens with zero attached hydrogens (tertiary/aromatic N) is 1. The van der Waals surface area contributed by atoms with E-state index in [2.05, 4.69) is 5.32 Å². The summed E-state index contributed by atoms with van der Waals surface area (Å²) in [7, 11) is -2.23. The first-order chi connectivity index (χ1) is 14.0. The number of hydrogen-bond acceptors (Lipinski definition) is 5. The Morgan fingerprint density at radius 2 is 1.79 bits per heavy atom. The minimum Gasteiger partial charge on any atom is -0.496 e. The molecular weight excluding hydrogens is 392 g/mol. The molecule has 3 rings (SSSR count). The van der Waals surface area contributed by atoms with E-state index in [1.807, 2.05) is 0 Å². The number of carbonyl (C=O) groups excluding carboxylic acids is 1. The molecule has 29 heavy (non-hydrogen) atoms. The van der Waals surface area contributed by atoms with E-state index >= 15 is 0 Å². The lowest BCUT2D eigenvalue weighted by molar-refractivity contribution is 0.102. The summed E-state index contributed by atoms with van der Waals surface area (Å²) >= 11 is 0. The van der Waals surface area contributed by atoms with E-state index in [1.165, 1.54) is 17.5 Å². The van der Waals surface area contributed by atoms with Crippen molar-refractivity contribution >= 4 is 21.6 Å². The van der Waals surface area contributed by atoms with Crippen LogP contribution in [-0.4, -0.2) is 45.4 Å². The lowest BCUT2D eigenvalue weighted by Gasteiger charge is -2.27. The van der Waals surface area contributed by atoms with Crippen molar-refractivity contribution in [3.8, 4) is 11.5 Å². The van der Waals surface area contributed by atoms with Gasteiger partial charge in [0.2, 0.25) is 10.0 Å². The van der Waals surface area contributed by atoms with Crippen molar-refractivity contribution < 1.29 is 22.7 Å². The molecule has 2 aromatic carbocycles. The molecule has 1 N–H and O–H groups in total. The topological polar surface area (TPSA) is 84.9 Å². The van der Waals surface area contributed by atoms with Gasteiger partial charge in [-0.1, -0.05) is 18.6 Å². The molecule has 2 aromatic rings. The average Bonchev–Trinajstić information content (AvgIpc) is 2.75. The van der Waals surface area contributed by atoms with Crippen LogP contribution in [-0.2, 0) is 10.0 Å². The minimum atomic E-state index is -3.72. The van der Waals surface area contributed by atoms with Gasteiger partial charge in [0.15, 0.2) is 0 Å². The third kappa shape index (κ3) is 4.71. The second kappa shape index (κ2) is 9.28. The molecule has 1 saturated heterocycles. The summed E-state index contributed by atoms with van der Waals surface area (Å²) in [6.45, 7) is 3.13. The van der Waals surface area contributed by atoms with Crippen LogP contribution in [0.2, 0.25) is 0 Å². The van der Waals surface area contributed by atoms with Crippen molar-refractivity contribution in [3.05, 3.63) is 48.0 Å². The second-order valence-electron chi connectivity index (χ2n) is 6.71. The first-order valence-electron chi connectivity index (χ1n) is 9.68. The minimum absolute atomic E-state index is 0.0686. The highest BCUT2D eigenvalue weighted by atomic mass is 32.2. The third-order valence-corrected chi connectivity index (χ3v) is 6.71. The molecule has 8 heteroatoms. The van der Waals surface area contributed by atoms with E-state index in [4.69, 9.17) is 9.47 Å². The highest BCUT2D eigenvalue weighted by molar-refractivity contribution is 7.89. The number of hydrogen-bond donors (Lipinski definition) is 1. The lowest BCUT2D eigenvalue weighted by atomic mass is 10.2. The quantitative estimate of drug-likeness (QED) is 0.744. The number of rotatable bonds is 7. The summed E-state index contributed by atoms with van der Waals surface area (Å²) in [6, 6.07) is 11.5. The Morgan fingerprint density at radius 3 is 2.48 bits per heavy atom. The van der Waals surface area contributed by atoms with Gasteiger partial charge in [-0.2, -0.15) is 4.31 Å². The molecule has 1 heterocycles. The maximum atomic E-state index is 13.2. The number of sulfonamides is 1. The van der Waals surface area contributed by atoms with Crippen molar-refractivity contribution in [1.29, 1.82) is 0 Å². The summed E-state index contributed by atoms with van der Waals surface area (Å²) in [5.41, 5.74) is 0.740. The lowest BCUT2D eigenvalue weighted by Crippen LogP contribution is -2.35. The highest BCUT2D eigenvalue weighted by Crippen LogP contribution is 2.32. The molecule has 0 spiro atoms. The monoisotopic (exact) mass is 418 g/mol. The molecule has 0 aromatic heterocycles. The largest absolute Gasteiger partial charge is 0.496 e. The second-order valence-corrected chi connectivity index (χ2v) is 8.62. The molecular formula is C21H26N2O5S. The summed E-state index contributed by atoms with van der Waals surface area (Å²) < 4.78 is 38.7. The Balaban J connectivity index is 1.93. The SMILES string of the molecule is CCOc1ccc(NC(=O)c2ccccc2OC)cc1S(=O)(=O)N1CCCCC1. The van der Waals surface area contributed by atoms with Crippen LogP contribution in [0.25, 0.3) is 0 Å². The first kappa shape index (κ1) is 21.1. The molecule has 0 unspecified atom stereocenters. The van der Waals surface area contributed by atoms with E-state index in [0.717, 1.165) is 19.3 Å². The van der Waals surface area contributed by atoms with Crippen molar-refractivity contribution in [3.63, 3.8) is 0 Å². The maximum Gasteiger partial charge on any atom is 0.259 e. The fourth-order valence-electron chi connectivity index (χ4n) is 3.34. The van der Waals surface area contributed by atoms with Gasteiger partial charge in [0.05, 0.1) is 19.3 Å². The Labute approximate surface area is 171 Å². The number of amides is 1. The Morgan fingerprint density at radius 1 is 1.07 bits per heavy atom. The van der Waals surface area contributed by atoms with Crippen LogP contribution in [0, 0.1) is 0 Å². The van der Waals surface area contributed by atoms with E-state index in [0.29, 0.717) is 36.7 Å². The standard InChI is InChI=1S/C21H26N2O5S/c1-3-28-19-12-11-16(22-21(24)17-9-5-6-10-18(17)27-2)15-20(19)29(25,26)23-13-7-4-8-14-23/h5-6,9-12,15H,3-4,7-8,13-14H2,1-2H3,(H,22,24). The van der Waals surface area contributed by atoms with Gasteiger partial charge in [0.1, 0.15) is 16.4 Å². The first-order valence-corrected chi connectivity index (χ1v) is 11.1. The van der Waals surface area contributed by atoms with Crippen molar-refractivity contribution in [1.82, 2.24) is 4.31 Å². The number of piperidine rings is 1. The van der Waals surface area contributed by atoms with Gasteiger partial charge in [-0.15, -0.1) is 0 Å². The van der Waals surface area contributed by atoms with Crippen molar-refractivity contribution in [2.24, 2.45) is 0 Å². The predicted octanol–water partition coefficient (Wildman–Crippen LogP) is 3.52. The highest BCUT2D eigenvalue weighted by Gasteiger charge is 2.29. The van der Waals surface area contributed by atoms with Crippen LogP contribution in [0.1, 0.15) is 36.5 Å². The number of nitrogens with one attached hydrogen (secondary N) is 1. The van der Waals surface area contributed by atoms with Crippen LogP contribution in [0.4, 0.5) is 5.69 Å². The Kier molecular flexibility index (Phi) is 6.76. The smallest absolute Gasteiger partial charge is 0.259 e. The number of benzene rings is 2. The van der Waals surface area contributed by atoms with Crippen LogP contribution < -0.4 is 14.8 Å². The Hall–Kier alpha value is -2.58. The number of carbonyl (C=O) groups is 1. The molecule has 1 amide bonds. The van der Waals surface area contributed by atoms with E-state index < -0.39 is 10.0 Å². The van der Waals surface area contributed by atoms with Crippen molar-refractivity contribution in [2.75, 3.05) is 32.1 Å². The summed E-state index contributed by atoms with van der Waals surface area (Å²) in [4.78, 5) is 12.8. The van der Waals surface area contributed by atoms with Crippen LogP contribution in [0.15, 0.2) is 47.4 Å². The zero-order valence-corrected chi connectivity index (χ0v) is 17.5. The third-order valence-electron chi connectivity index (χ3n) is 4.79. The summed E-state index contributed by atoms with van der Waals surface area (Å²) in [5.74, 6) is 0.346. The molecule has 1 aliphatic heterocycles. The number of anilines is 1. The van der Waals surface area contributed by atoms with Gasteiger partial charge < -0.3 is 14.8 Å². The maximum absolute atomic E-state index is 13.2. The summed E-state index contributed by atoms with van der Waals surface area (Å²) in [5, 5.41) is 2.76. The predicted molar refractivity (Wildman–Crippen MR) is 111 cm³/mol. The van der Waals surface area contributed by atoms with Crippen LogP contribution in [0.5, 0.6) is 11.5 Å². The summed E-state index contributed by atoms with van der Waals surface area (Å²) in [6.07, 6.45) is 2.71. The number of para-hydroxylation sites is 1.